The van der Waals surface area contributed by atoms with Crippen molar-refractivity contribution in [2.75, 3.05) is 70.5 Å². The van der Waals surface area contributed by atoms with Crippen LogP contribution in [0.5, 0.6) is 0 Å². The lowest BCUT2D eigenvalue weighted by Crippen LogP contribution is -2.44. The lowest BCUT2D eigenvalue weighted by molar-refractivity contribution is 0.0949. The van der Waals surface area contributed by atoms with Crippen molar-refractivity contribution in [3.8, 4) is 0 Å². The topological polar surface area (TPSA) is 69.7 Å². The van der Waals surface area contributed by atoms with E-state index in [9.17, 15) is 4.79 Å². The van der Waals surface area contributed by atoms with Crippen LogP contribution >= 0.6 is 0 Å². The number of nitrogens with zero attached hydrogens (tertiary/aromatic N) is 3. The molecule has 2 aliphatic heterocycles. The Morgan fingerprint density at radius 2 is 2.04 bits per heavy atom. The fourth-order valence-corrected chi connectivity index (χ4v) is 3.14. The van der Waals surface area contributed by atoms with E-state index in [1.54, 1.807) is 6.20 Å². The maximum Gasteiger partial charge on any atom is 0.255 e. The van der Waals surface area contributed by atoms with Gasteiger partial charge in [-0.15, -0.1) is 0 Å². The van der Waals surface area contributed by atoms with Crippen LogP contribution in [0.2, 0.25) is 0 Å². The van der Waals surface area contributed by atoms with Gasteiger partial charge in [-0.2, -0.15) is 0 Å². The molecule has 0 spiro atoms. The zero-order valence-electron chi connectivity index (χ0n) is 14.2. The van der Waals surface area contributed by atoms with Gasteiger partial charge in [-0.05, 0) is 25.1 Å². The van der Waals surface area contributed by atoms with Crippen molar-refractivity contribution in [3.05, 3.63) is 23.9 Å². The average Bonchev–Trinajstić information content (AvgIpc) is 2.66. The Hall–Kier alpha value is -1.70. The van der Waals surface area contributed by atoms with E-state index in [-0.39, 0.29) is 5.91 Å². The molecule has 0 aromatic carbocycles. The lowest BCUT2D eigenvalue weighted by Gasteiger charge is -2.29. The molecule has 2 fully saturated rings. The fourth-order valence-electron chi connectivity index (χ4n) is 3.14. The Labute approximate surface area is 143 Å². The largest absolute Gasteiger partial charge is 0.378 e. The number of nitrogens with one attached hydrogen (secondary N) is 2. The Kier molecular flexibility index (Phi) is 6.40. The molecule has 132 valence electrons. The molecular formula is C17H27N5O2. The normalized spacial score (nSPS) is 19.2. The van der Waals surface area contributed by atoms with Gasteiger partial charge in [-0.25, -0.2) is 4.98 Å². The number of piperazine rings is 1. The Morgan fingerprint density at radius 3 is 2.83 bits per heavy atom. The number of carbonyl (C=O) groups is 1. The maximum atomic E-state index is 12.5. The molecule has 2 N–H and O–H groups in total. The molecule has 0 saturated carbocycles. The number of carbonyl (C=O) groups excluding carboxylic acids is 1. The quantitative estimate of drug-likeness (QED) is 0.711. The molecule has 1 amide bonds. The molecule has 2 saturated heterocycles. The number of hydrogen-bond acceptors (Lipinski definition) is 6. The van der Waals surface area contributed by atoms with Gasteiger partial charge in [0.1, 0.15) is 5.82 Å². The summed E-state index contributed by atoms with van der Waals surface area (Å²) in [7, 11) is 0. The molecule has 0 aliphatic carbocycles. The Bertz CT molecular complexity index is 527. The minimum atomic E-state index is -0.0371. The minimum Gasteiger partial charge on any atom is -0.378 e. The predicted molar refractivity (Wildman–Crippen MR) is 93.5 cm³/mol. The highest BCUT2D eigenvalue weighted by Gasteiger charge is 2.19. The number of anilines is 1. The zero-order valence-corrected chi connectivity index (χ0v) is 14.2. The highest BCUT2D eigenvalue weighted by Crippen LogP contribution is 2.18. The summed E-state index contributed by atoms with van der Waals surface area (Å²) >= 11 is 0. The van der Waals surface area contributed by atoms with Gasteiger partial charge in [0.15, 0.2) is 0 Å². The van der Waals surface area contributed by atoms with Crippen molar-refractivity contribution in [1.82, 2.24) is 20.5 Å². The number of hydrogen-bond donors (Lipinski definition) is 2. The van der Waals surface area contributed by atoms with Gasteiger partial charge < -0.3 is 25.2 Å². The first-order valence-electron chi connectivity index (χ1n) is 8.83. The number of rotatable bonds is 6. The van der Waals surface area contributed by atoms with E-state index in [2.05, 4.69) is 25.4 Å². The predicted octanol–water partition coefficient (Wildman–Crippen LogP) is -0.0567. The summed E-state index contributed by atoms with van der Waals surface area (Å²) < 4.78 is 5.38. The molecule has 0 radical (unpaired) electrons. The van der Waals surface area contributed by atoms with Crippen molar-refractivity contribution in [2.45, 2.75) is 6.42 Å². The first-order valence-corrected chi connectivity index (χ1v) is 8.83. The van der Waals surface area contributed by atoms with E-state index in [1.807, 2.05) is 12.1 Å². The van der Waals surface area contributed by atoms with Crippen LogP contribution in [0.15, 0.2) is 18.3 Å². The van der Waals surface area contributed by atoms with E-state index in [0.29, 0.717) is 25.3 Å². The molecule has 24 heavy (non-hydrogen) atoms. The molecule has 1 aromatic heterocycles. The third kappa shape index (κ3) is 4.66. The highest BCUT2D eigenvalue weighted by molar-refractivity contribution is 5.98. The summed E-state index contributed by atoms with van der Waals surface area (Å²) in [6.45, 7) is 8.96. The number of aromatic nitrogens is 1. The molecule has 0 bridgehead atoms. The third-order valence-corrected chi connectivity index (χ3v) is 4.49. The van der Waals surface area contributed by atoms with Crippen LogP contribution in [0.4, 0.5) is 5.82 Å². The van der Waals surface area contributed by atoms with E-state index in [4.69, 9.17) is 4.74 Å². The standard InChI is InChI=1S/C17H27N5O2/c23-17(20-5-2-8-21-9-6-18-7-10-21)15-3-1-4-19-16(15)22-11-13-24-14-12-22/h1,3-4,18H,2,5-14H2,(H,20,23). The third-order valence-electron chi connectivity index (χ3n) is 4.49. The molecule has 2 aliphatic rings. The molecule has 7 heteroatoms. The van der Waals surface area contributed by atoms with E-state index < -0.39 is 0 Å². The van der Waals surface area contributed by atoms with Crippen LogP contribution in [0, 0.1) is 0 Å². The second-order valence-electron chi connectivity index (χ2n) is 6.18. The average molecular weight is 333 g/mol. The molecular weight excluding hydrogens is 306 g/mol. The molecule has 0 atom stereocenters. The number of amides is 1. The second kappa shape index (κ2) is 8.96. The van der Waals surface area contributed by atoms with Gasteiger partial charge in [0.25, 0.3) is 5.91 Å². The van der Waals surface area contributed by atoms with Gasteiger partial charge in [-0.3, -0.25) is 4.79 Å². The van der Waals surface area contributed by atoms with Crippen LogP contribution in [-0.4, -0.2) is 81.4 Å². The van der Waals surface area contributed by atoms with E-state index >= 15 is 0 Å². The van der Waals surface area contributed by atoms with Gasteiger partial charge in [0, 0.05) is 52.0 Å². The monoisotopic (exact) mass is 333 g/mol. The summed E-state index contributed by atoms with van der Waals surface area (Å²) in [6, 6.07) is 3.67. The lowest BCUT2D eigenvalue weighted by atomic mass is 10.2. The Morgan fingerprint density at radius 1 is 1.25 bits per heavy atom. The molecule has 0 unspecified atom stereocenters. The molecule has 3 rings (SSSR count). The first kappa shape index (κ1) is 17.1. The van der Waals surface area contributed by atoms with Crippen molar-refractivity contribution < 1.29 is 9.53 Å². The minimum absolute atomic E-state index is 0.0371. The SMILES string of the molecule is O=C(NCCCN1CCNCC1)c1cccnc1N1CCOCC1. The Balaban J connectivity index is 1.49. The van der Waals surface area contributed by atoms with Crippen LogP contribution < -0.4 is 15.5 Å². The van der Waals surface area contributed by atoms with Crippen LogP contribution in [0.1, 0.15) is 16.8 Å². The van der Waals surface area contributed by atoms with E-state index in [0.717, 1.165) is 58.1 Å². The summed E-state index contributed by atoms with van der Waals surface area (Å²) in [5.74, 6) is 0.727. The maximum absolute atomic E-state index is 12.5. The summed E-state index contributed by atoms with van der Waals surface area (Å²) in [6.07, 6.45) is 2.71. The molecule has 7 nitrogen and oxygen atoms in total. The fraction of sp³-hybridized carbons (Fsp3) is 0.647. The second-order valence-corrected chi connectivity index (χ2v) is 6.18. The number of pyridine rings is 1. The summed E-state index contributed by atoms with van der Waals surface area (Å²) in [5, 5.41) is 6.39. The van der Waals surface area contributed by atoms with Crippen LogP contribution in [0.3, 0.4) is 0 Å². The van der Waals surface area contributed by atoms with Gasteiger partial charge in [0.2, 0.25) is 0 Å². The zero-order chi connectivity index (χ0) is 16.6. The van der Waals surface area contributed by atoms with Crippen molar-refractivity contribution in [2.24, 2.45) is 0 Å². The van der Waals surface area contributed by atoms with Crippen molar-refractivity contribution in [1.29, 1.82) is 0 Å². The van der Waals surface area contributed by atoms with Gasteiger partial charge in [0.05, 0.1) is 18.8 Å². The number of morpholine rings is 1. The van der Waals surface area contributed by atoms with Gasteiger partial charge >= 0.3 is 0 Å². The van der Waals surface area contributed by atoms with Crippen LogP contribution in [0.25, 0.3) is 0 Å². The summed E-state index contributed by atoms with van der Waals surface area (Å²) in [5.41, 5.74) is 0.654. The molecule has 1 aromatic rings. The molecule has 3 heterocycles. The van der Waals surface area contributed by atoms with E-state index in [1.165, 1.54) is 0 Å². The highest BCUT2D eigenvalue weighted by atomic mass is 16.5. The van der Waals surface area contributed by atoms with Crippen LogP contribution in [-0.2, 0) is 4.74 Å². The first-order chi connectivity index (χ1) is 11.8. The van der Waals surface area contributed by atoms with Crippen molar-refractivity contribution >= 4 is 11.7 Å². The van der Waals surface area contributed by atoms with Crippen molar-refractivity contribution in [3.63, 3.8) is 0 Å². The summed E-state index contributed by atoms with van der Waals surface area (Å²) in [4.78, 5) is 21.5. The smallest absolute Gasteiger partial charge is 0.255 e. The number of ether oxygens (including phenoxy) is 1. The van der Waals surface area contributed by atoms with Gasteiger partial charge in [-0.1, -0.05) is 0 Å².